The summed E-state index contributed by atoms with van der Waals surface area (Å²) in [4.78, 5) is 2.49. The molecule has 0 radical (unpaired) electrons. The minimum absolute atomic E-state index is 0.454. The van der Waals surface area contributed by atoms with Gasteiger partial charge in [0.15, 0.2) is 0 Å². The van der Waals surface area contributed by atoms with Crippen molar-refractivity contribution in [2.24, 2.45) is 5.73 Å². The molecule has 0 aromatic carbocycles. The fourth-order valence-corrected chi connectivity index (χ4v) is 2.61. The first kappa shape index (κ1) is 16.3. The van der Waals surface area contributed by atoms with Crippen LogP contribution < -0.4 is 11.1 Å². The minimum atomic E-state index is 0.454. The SMILES string of the molecule is CCN(CC)CCCC(C)NC1C=C(C)C(N)=CC1. The van der Waals surface area contributed by atoms with Gasteiger partial charge >= 0.3 is 0 Å². The maximum Gasteiger partial charge on any atom is 0.0301 e. The second kappa shape index (κ2) is 8.39. The van der Waals surface area contributed by atoms with Crippen molar-refractivity contribution >= 4 is 0 Å². The lowest BCUT2D eigenvalue weighted by atomic mass is 10.00. The summed E-state index contributed by atoms with van der Waals surface area (Å²) < 4.78 is 0. The third-order valence-corrected chi connectivity index (χ3v) is 4.00. The smallest absolute Gasteiger partial charge is 0.0301 e. The molecule has 3 N–H and O–H groups in total. The second-order valence-corrected chi connectivity index (χ2v) is 5.59. The Bertz CT molecular complexity index is 316. The number of allylic oxidation sites excluding steroid dienone is 1. The summed E-state index contributed by atoms with van der Waals surface area (Å²) in [6.45, 7) is 12.4. The molecular weight excluding hydrogens is 234 g/mol. The number of nitrogens with zero attached hydrogens (tertiary/aromatic N) is 1. The Hall–Kier alpha value is -0.800. The van der Waals surface area contributed by atoms with Crippen LogP contribution in [0.5, 0.6) is 0 Å². The number of rotatable bonds is 8. The Balaban J connectivity index is 2.23. The molecule has 19 heavy (non-hydrogen) atoms. The molecule has 0 aliphatic heterocycles. The maximum absolute atomic E-state index is 5.87. The van der Waals surface area contributed by atoms with Crippen LogP contribution in [-0.2, 0) is 0 Å². The average Bonchev–Trinajstić information content (AvgIpc) is 2.39. The quantitative estimate of drug-likeness (QED) is 0.709. The molecule has 3 heteroatoms. The van der Waals surface area contributed by atoms with Crippen molar-refractivity contribution in [1.82, 2.24) is 10.2 Å². The fraction of sp³-hybridized carbons (Fsp3) is 0.750. The van der Waals surface area contributed by atoms with Gasteiger partial charge < -0.3 is 16.0 Å². The molecule has 2 atom stereocenters. The van der Waals surface area contributed by atoms with Crippen LogP contribution in [0.25, 0.3) is 0 Å². The van der Waals surface area contributed by atoms with Crippen LogP contribution in [0, 0.1) is 0 Å². The molecular formula is C16H31N3. The molecule has 0 aromatic rings. The highest BCUT2D eigenvalue weighted by Gasteiger charge is 2.13. The number of hydrogen-bond acceptors (Lipinski definition) is 3. The van der Waals surface area contributed by atoms with E-state index in [0.29, 0.717) is 12.1 Å². The molecule has 1 rings (SSSR count). The van der Waals surface area contributed by atoms with Crippen molar-refractivity contribution in [3.8, 4) is 0 Å². The first-order valence-electron chi connectivity index (χ1n) is 7.69. The lowest BCUT2D eigenvalue weighted by Gasteiger charge is -2.24. The van der Waals surface area contributed by atoms with Gasteiger partial charge in [-0.2, -0.15) is 0 Å². The summed E-state index contributed by atoms with van der Waals surface area (Å²) in [6, 6.07) is 1.02. The van der Waals surface area contributed by atoms with Gasteiger partial charge in [0, 0.05) is 17.8 Å². The van der Waals surface area contributed by atoms with Crippen LogP contribution >= 0.6 is 0 Å². The van der Waals surface area contributed by atoms with Crippen LogP contribution in [-0.4, -0.2) is 36.6 Å². The predicted octanol–water partition coefficient (Wildman–Crippen LogP) is 2.65. The first-order chi connectivity index (χ1) is 9.06. The van der Waals surface area contributed by atoms with E-state index >= 15 is 0 Å². The summed E-state index contributed by atoms with van der Waals surface area (Å²) >= 11 is 0. The van der Waals surface area contributed by atoms with E-state index in [1.165, 1.54) is 25.0 Å². The highest BCUT2D eigenvalue weighted by atomic mass is 15.1. The van der Waals surface area contributed by atoms with Gasteiger partial charge in [0.2, 0.25) is 0 Å². The zero-order chi connectivity index (χ0) is 14.3. The van der Waals surface area contributed by atoms with Crippen molar-refractivity contribution in [2.45, 2.75) is 59.0 Å². The first-order valence-corrected chi connectivity index (χ1v) is 7.69. The summed E-state index contributed by atoms with van der Waals surface area (Å²) in [5.41, 5.74) is 8.02. The monoisotopic (exact) mass is 265 g/mol. The van der Waals surface area contributed by atoms with Gasteiger partial charge in [-0.3, -0.25) is 0 Å². The van der Waals surface area contributed by atoms with Crippen molar-refractivity contribution < 1.29 is 0 Å². The summed E-state index contributed by atoms with van der Waals surface area (Å²) in [7, 11) is 0. The van der Waals surface area contributed by atoms with Crippen LogP contribution in [0.2, 0.25) is 0 Å². The molecule has 0 saturated carbocycles. The summed E-state index contributed by atoms with van der Waals surface area (Å²) in [6.07, 6.45) is 7.91. The molecule has 0 spiro atoms. The Morgan fingerprint density at radius 3 is 2.68 bits per heavy atom. The minimum Gasteiger partial charge on any atom is -0.399 e. The molecule has 3 nitrogen and oxygen atoms in total. The number of nitrogens with one attached hydrogen (secondary N) is 1. The summed E-state index contributed by atoms with van der Waals surface area (Å²) in [5.74, 6) is 0. The number of hydrogen-bond donors (Lipinski definition) is 2. The normalized spacial score (nSPS) is 21.2. The van der Waals surface area contributed by atoms with E-state index in [1.807, 2.05) is 0 Å². The molecule has 110 valence electrons. The lowest BCUT2D eigenvalue weighted by Crippen LogP contribution is -2.37. The maximum atomic E-state index is 5.87. The molecule has 1 aliphatic rings. The van der Waals surface area contributed by atoms with Gasteiger partial charge in [-0.15, -0.1) is 0 Å². The average molecular weight is 265 g/mol. The van der Waals surface area contributed by atoms with E-state index in [1.54, 1.807) is 0 Å². The third-order valence-electron chi connectivity index (χ3n) is 4.00. The van der Waals surface area contributed by atoms with Gasteiger partial charge in [0.05, 0.1) is 0 Å². The lowest BCUT2D eigenvalue weighted by molar-refractivity contribution is 0.289. The molecule has 0 heterocycles. The summed E-state index contributed by atoms with van der Waals surface area (Å²) in [5, 5.41) is 3.68. The molecule has 0 fully saturated rings. The Labute approximate surface area is 118 Å². The standard InChI is InChI=1S/C16H31N3/c1-5-19(6-2)11-7-8-14(4)18-15-9-10-16(17)13(3)12-15/h10,12,14-15,18H,5-9,11,17H2,1-4H3. The Kier molecular flexibility index (Phi) is 7.17. The van der Waals surface area contributed by atoms with Gasteiger partial charge in [-0.25, -0.2) is 0 Å². The van der Waals surface area contributed by atoms with Gasteiger partial charge in [-0.1, -0.05) is 26.0 Å². The van der Waals surface area contributed by atoms with Crippen molar-refractivity contribution in [3.05, 3.63) is 23.4 Å². The highest BCUT2D eigenvalue weighted by Crippen LogP contribution is 2.15. The largest absolute Gasteiger partial charge is 0.399 e. The molecule has 0 saturated heterocycles. The zero-order valence-electron chi connectivity index (χ0n) is 13.1. The topological polar surface area (TPSA) is 41.3 Å². The Morgan fingerprint density at radius 1 is 1.42 bits per heavy atom. The van der Waals surface area contributed by atoms with Crippen LogP contribution in [0.3, 0.4) is 0 Å². The van der Waals surface area contributed by atoms with Gasteiger partial charge in [0.1, 0.15) is 0 Å². The van der Waals surface area contributed by atoms with E-state index in [-0.39, 0.29) is 0 Å². The molecule has 0 bridgehead atoms. The van der Waals surface area contributed by atoms with Crippen LogP contribution in [0.15, 0.2) is 23.4 Å². The van der Waals surface area contributed by atoms with Crippen molar-refractivity contribution in [1.29, 1.82) is 0 Å². The zero-order valence-corrected chi connectivity index (χ0v) is 13.1. The van der Waals surface area contributed by atoms with E-state index in [9.17, 15) is 0 Å². The van der Waals surface area contributed by atoms with E-state index in [4.69, 9.17) is 5.73 Å². The van der Waals surface area contributed by atoms with Gasteiger partial charge in [-0.05, 0) is 58.3 Å². The molecule has 2 unspecified atom stereocenters. The number of nitrogens with two attached hydrogens (primary N) is 1. The van der Waals surface area contributed by atoms with Crippen LogP contribution in [0.1, 0.15) is 47.0 Å². The van der Waals surface area contributed by atoms with Crippen molar-refractivity contribution in [3.63, 3.8) is 0 Å². The highest BCUT2D eigenvalue weighted by molar-refractivity contribution is 5.31. The third kappa shape index (κ3) is 5.79. The molecule has 0 aromatic heterocycles. The van der Waals surface area contributed by atoms with Crippen LogP contribution in [0.4, 0.5) is 0 Å². The van der Waals surface area contributed by atoms with E-state index in [2.05, 4.69) is 50.1 Å². The fourth-order valence-electron chi connectivity index (χ4n) is 2.61. The van der Waals surface area contributed by atoms with Crippen molar-refractivity contribution in [2.75, 3.05) is 19.6 Å². The van der Waals surface area contributed by atoms with Gasteiger partial charge in [0.25, 0.3) is 0 Å². The molecule has 0 amide bonds. The molecule has 1 aliphatic carbocycles. The predicted molar refractivity (Wildman–Crippen MR) is 84.1 cm³/mol. The Morgan fingerprint density at radius 2 is 2.11 bits per heavy atom. The second-order valence-electron chi connectivity index (χ2n) is 5.59. The van der Waals surface area contributed by atoms with E-state index < -0.39 is 0 Å². The van der Waals surface area contributed by atoms with E-state index in [0.717, 1.165) is 25.2 Å².